The van der Waals surface area contributed by atoms with Crippen LogP contribution in [0.5, 0.6) is 0 Å². The molecule has 0 radical (unpaired) electrons. The average molecular weight is 290 g/mol. The molecular formula is C15H18N2O4. The summed E-state index contributed by atoms with van der Waals surface area (Å²) >= 11 is 0. The fourth-order valence-corrected chi connectivity index (χ4v) is 2.34. The lowest BCUT2D eigenvalue weighted by molar-refractivity contribution is -0.131. The maximum absolute atomic E-state index is 12.5. The van der Waals surface area contributed by atoms with Crippen LogP contribution in [0.1, 0.15) is 28.9 Å². The third-order valence-electron chi connectivity index (χ3n) is 3.51. The van der Waals surface area contributed by atoms with Crippen molar-refractivity contribution < 1.29 is 19.4 Å². The largest absolute Gasteiger partial charge is 0.478 e. The first-order valence-corrected chi connectivity index (χ1v) is 6.80. The van der Waals surface area contributed by atoms with Gasteiger partial charge < -0.3 is 14.7 Å². The van der Waals surface area contributed by atoms with Gasteiger partial charge in [0, 0.05) is 38.0 Å². The van der Waals surface area contributed by atoms with E-state index in [2.05, 4.69) is 4.98 Å². The number of pyridine rings is 1. The summed E-state index contributed by atoms with van der Waals surface area (Å²) < 4.78 is 5.28. The first-order chi connectivity index (χ1) is 10.1. The van der Waals surface area contributed by atoms with Crippen LogP contribution in [0, 0.1) is 0 Å². The monoisotopic (exact) mass is 290 g/mol. The van der Waals surface area contributed by atoms with Crippen molar-refractivity contribution in [3.05, 3.63) is 35.7 Å². The average Bonchev–Trinajstić information content (AvgIpc) is 2.52. The Kier molecular flexibility index (Phi) is 5.05. The van der Waals surface area contributed by atoms with Gasteiger partial charge in [-0.3, -0.25) is 9.78 Å². The normalized spacial score (nSPS) is 16.3. The Balaban J connectivity index is 2.14. The van der Waals surface area contributed by atoms with Gasteiger partial charge in [0.2, 0.25) is 0 Å². The van der Waals surface area contributed by atoms with Crippen molar-refractivity contribution in [1.82, 2.24) is 9.88 Å². The highest BCUT2D eigenvalue weighted by Crippen LogP contribution is 2.17. The van der Waals surface area contributed by atoms with E-state index in [1.54, 1.807) is 24.1 Å². The van der Waals surface area contributed by atoms with Crippen molar-refractivity contribution in [2.24, 2.45) is 0 Å². The van der Waals surface area contributed by atoms with Gasteiger partial charge in [0.15, 0.2) is 0 Å². The Labute approximate surface area is 123 Å². The number of piperidine rings is 1. The zero-order chi connectivity index (χ0) is 15.2. The molecule has 1 amide bonds. The molecule has 1 aliphatic heterocycles. The molecule has 1 fully saturated rings. The van der Waals surface area contributed by atoms with Crippen LogP contribution in [-0.4, -0.2) is 53.2 Å². The van der Waals surface area contributed by atoms with Crippen molar-refractivity contribution in [1.29, 1.82) is 0 Å². The maximum Gasteiger partial charge on any atom is 0.328 e. The fourth-order valence-electron chi connectivity index (χ4n) is 2.34. The molecule has 0 aromatic carbocycles. The van der Waals surface area contributed by atoms with Crippen LogP contribution >= 0.6 is 0 Å². The van der Waals surface area contributed by atoms with E-state index in [4.69, 9.17) is 9.84 Å². The third kappa shape index (κ3) is 3.88. The van der Waals surface area contributed by atoms with Crippen molar-refractivity contribution in [3.8, 4) is 0 Å². The predicted molar refractivity (Wildman–Crippen MR) is 76.8 cm³/mol. The first kappa shape index (κ1) is 15.2. The molecule has 6 heteroatoms. The van der Waals surface area contributed by atoms with E-state index in [9.17, 15) is 9.59 Å². The van der Waals surface area contributed by atoms with Crippen LogP contribution in [0.25, 0.3) is 6.08 Å². The Bertz CT molecular complexity index is 548. The maximum atomic E-state index is 12.5. The molecule has 21 heavy (non-hydrogen) atoms. The zero-order valence-corrected chi connectivity index (χ0v) is 11.9. The molecule has 0 saturated carbocycles. The van der Waals surface area contributed by atoms with Gasteiger partial charge in [-0.25, -0.2) is 4.79 Å². The lowest BCUT2D eigenvalue weighted by atomic mass is 10.1. The van der Waals surface area contributed by atoms with E-state index in [1.807, 2.05) is 0 Å². The SMILES string of the molecule is COC1CCN(C(=O)c2ncccc2/C=C/C(=O)O)CC1. The number of hydrogen-bond acceptors (Lipinski definition) is 4. The Morgan fingerprint density at radius 1 is 1.43 bits per heavy atom. The molecule has 1 aromatic rings. The Hall–Kier alpha value is -2.21. The molecule has 0 aliphatic carbocycles. The molecule has 112 valence electrons. The van der Waals surface area contributed by atoms with Gasteiger partial charge in [0.1, 0.15) is 5.69 Å². The molecule has 1 saturated heterocycles. The van der Waals surface area contributed by atoms with E-state index < -0.39 is 5.97 Å². The number of nitrogens with zero attached hydrogens (tertiary/aromatic N) is 2. The summed E-state index contributed by atoms with van der Waals surface area (Å²) in [4.78, 5) is 28.9. The van der Waals surface area contributed by atoms with E-state index in [0.717, 1.165) is 18.9 Å². The number of carboxylic acids is 1. The van der Waals surface area contributed by atoms with Crippen LogP contribution < -0.4 is 0 Å². The van der Waals surface area contributed by atoms with E-state index in [-0.39, 0.29) is 17.7 Å². The number of rotatable bonds is 4. The van der Waals surface area contributed by atoms with Crippen molar-refractivity contribution in [2.45, 2.75) is 18.9 Å². The molecule has 0 atom stereocenters. The second kappa shape index (κ2) is 6.99. The van der Waals surface area contributed by atoms with Crippen molar-refractivity contribution in [2.75, 3.05) is 20.2 Å². The van der Waals surface area contributed by atoms with Crippen LogP contribution in [0.15, 0.2) is 24.4 Å². The number of carbonyl (C=O) groups excluding carboxylic acids is 1. The topological polar surface area (TPSA) is 79.7 Å². The molecule has 0 unspecified atom stereocenters. The van der Waals surface area contributed by atoms with Gasteiger partial charge in [-0.15, -0.1) is 0 Å². The van der Waals surface area contributed by atoms with E-state index >= 15 is 0 Å². The zero-order valence-electron chi connectivity index (χ0n) is 11.9. The summed E-state index contributed by atoms with van der Waals surface area (Å²) in [7, 11) is 1.68. The molecule has 0 bridgehead atoms. The summed E-state index contributed by atoms with van der Waals surface area (Å²) in [6.45, 7) is 1.24. The number of likely N-dealkylation sites (tertiary alicyclic amines) is 1. The molecule has 1 aromatic heterocycles. The van der Waals surface area contributed by atoms with E-state index in [1.165, 1.54) is 12.3 Å². The lowest BCUT2D eigenvalue weighted by Gasteiger charge is -2.31. The van der Waals surface area contributed by atoms with Crippen molar-refractivity contribution >= 4 is 18.0 Å². The number of methoxy groups -OCH3 is 1. The quantitative estimate of drug-likeness (QED) is 0.849. The summed E-state index contributed by atoms with van der Waals surface area (Å²) in [5.74, 6) is -1.23. The third-order valence-corrected chi connectivity index (χ3v) is 3.51. The van der Waals surface area contributed by atoms with Gasteiger partial charge >= 0.3 is 5.97 Å². The second-order valence-corrected chi connectivity index (χ2v) is 4.84. The smallest absolute Gasteiger partial charge is 0.328 e. The minimum absolute atomic E-state index is 0.171. The summed E-state index contributed by atoms with van der Waals surface area (Å²) in [6, 6.07) is 3.36. The molecule has 2 rings (SSSR count). The predicted octanol–water partition coefficient (Wildman–Crippen LogP) is 1.43. The number of hydrogen-bond donors (Lipinski definition) is 1. The van der Waals surface area contributed by atoms with Crippen LogP contribution in [-0.2, 0) is 9.53 Å². The standard InChI is InChI=1S/C15H18N2O4/c1-21-12-6-9-17(10-7-12)15(20)14-11(3-2-8-16-14)4-5-13(18)19/h2-5,8,12H,6-7,9-10H2,1H3,(H,18,19)/b5-4+. The lowest BCUT2D eigenvalue weighted by Crippen LogP contribution is -2.41. The second-order valence-electron chi connectivity index (χ2n) is 4.84. The number of ether oxygens (including phenoxy) is 1. The highest BCUT2D eigenvalue weighted by molar-refractivity contribution is 5.97. The van der Waals surface area contributed by atoms with E-state index in [0.29, 0.717) is 18.7 Å². The van der Waals surface area contributed by atoms with Gasteiger partial charge in [-0.05, 0) is 25.0 Å². The van der Waals surface area contributed by atoms with Crippen LogP contribution in [0.4, 0.5) is 0 Å². The van der Waals surface area contributed by atoms with Gasteiger partial charge in [0.05, 0.1) is 6.10 Å². The number of amides is 1. The summed E-state index contributed by atoms with van der Waals surface area (Å²) in [5.41, 5.74) is 0.796. The minimum Gasteiger partial charge on any atom is -0.478 e. The van der Waals surface area contributed by atoms with Gasteiger partial charge in [0.25, 0.3) is 5.91 Å². The highest BCUT2D eigenvalue weighted by Gasteiger charge is 2.25. The number of aliphatic carboxylic acids is 1. The first-order valence-electron chi connectivity index (χ1n) is 6.80. The summed E-state index contributed by atoms with van der Waals surface area (Å²) in [6.07, 6.45) is 5.73. The van der Waals surface area contributed by atoms with Crippen molar-refractivity contribution in [3.63, 3.8) is 0 Å². The molecule has 2 heterocycles. The van der Waals surface area contributed by atoms with Crippen LogP contribution in [0.2, 0.25) is 0 Å². The number of carbonyl (C=O) groups is 2. The Morgan fingerprint density at radius 2 is 2.14 bits per heavy atom. The highest BCUT2D eigenvalue weighted by atomic mass is 16.5. The number of carboxylic acid groups (broad SMARTS) is 1. The van der Waals surface area contributed by atoms with Crippen LogP contribution in [0.3, 0.4) is 0 Å². The molecule has 6 nitrogen and oxygen atoms in total. The molecule has 1 N–H and O–H groups in total. The number of aromatic nitrogens is 1. The van der Waals surface area contributed by atoms with Gasteiger partial charge in [-0.2, -0.15) is 0 Å². The summed E-state index contributed by atoms with van der Waals surface area (Å²) in [5, 5.41) is 8.69. The minimum atomic E-state index is -1.06. The molecule has 1 aliphatic rings. The molecule has 0 spiro atoms. The van der Waals surface area contributed by atoms with Gasteiger partial charge in [-0.1, -0.05) is 6.07 Å². The molecular weight excluding hydrogens is 272 g/mol. The Morgan fingerprint density at radius 3 is 2.76 bits per heavy atom. The fraction of sp³-hybridized carbons (Fsp3) is 0.400.